The van der Waals surface area contributed by atoms with Crippen molar-refractivity contribution in [1.29, 1.82) is 5.26 Å². The van der Waals surface area contributed by atoms with Gasteiger partial charge in [-0.25, -0.2) is 0 Å². The van der Waals surface area contributed by atoms with Crippen LogP contribution in [0.5, 0.6) is 0 Å². The Balaban J connectivity index is 2.23. The van der Waals surface area contributed by atoms with Gasteiger partial charge < -0.3 is 10.6 Å². The molecule has 1 aromatic carbocycles. The van der Waals surface area contributed by atoms with Gasteiger partial charge in [-0.15, -0.1) is 0 Å². The molecule has 0 spiro atoms. The standard InChI is InChI=1S/C11H9N3O2/c12-6-11(16)13-8-2-3-9-7(5-8)1-4-10(15)14-9/h2-3,5H,1,4H2,(H,13,16)(H,14,15). The summed E-state index contributed by atoms with van der Waals surface area (Å²) in [5.74, 6) is -0.693. The summed E-state index contributed by atoms with van der Waals surface area (Å²) in [6.07, 6.45) is 1.10. The Labute approximate surface area is 92.1 Å². The van der Waals surface area contributed by atoms with E-state index in [-0.39, 0.29) is 5.91 Å². The zero-order valence-electron chi connectivity index (χ0n) is 8.41. The van der Waals surface area contributed by atoms with Gasteiger partial charge in [0, 0.05) is 17.8 Å². The van der Waals surface area contributed by atoms with Crippen molar-refractivity contribution in [3.63, 3.8) is 0 Å². The molecular formula is C11H9N3O2. The minimum absolute atomic E-state index is 0.00121. The predicted molar refractivity (Wildman–Crippen MR) is 57.6 cm³/mol. The highest BCUT2D eigenvalue weighted by molar-refractivity contribution is 6.02. The summed E-state index contributed by atoms with van der Waals surface area (Å²) in [5, 5.41) is 13.5. The molecule has 0 aliphatic carbocycles. The zero-order valence-corrected chi connectivity index (χ0v) is 8.41. The summed E-state index contributed by atoms with van der Waals surface area (Å²) < 4.78 is 0. The number of nitrogens with one attached hydrogen (secondary N) is 2. The Morgan fingerprint density at radius 3 is 3.00 bits per heavy atom. The quantitative estimate of drug-likeness (QED) is 0.686. The molecule has 16 heavy (non-hydrogen) atoms. The number of anilines is 2. The average Bonchev–Trinajstić information content (AvgIpc) is 2.29. The van der Waals surface area contributed by atoms with E-state index in [2.05, 4.69) is 10.6 Å². The number of nitriles is 1. The van der Waals surface area contributed by atoms with E-state index in [1.807, 2.05) is 0 Å². The van der Waals surface area contributed by atoms with E-state index < -0.39 is 5.91 Å². The molecule has 0 bridgehead atoms. The lowest BCUT2D eigenvalue weighted by molar-refractivity contribution is -0.116. The second-order valence-electron chi connectivity index (χ2n) is 3.49. The SMILES string of the molecule is N#CC(=O)Nc1ccc2c(c1)CCC(=O)N2. The Hall–Kier alpha value is -2.35. The third-order valence-corrected chi connectivity index (χ3v) is 2.36. The van der Waals surface area contributed by atoms with Crippen molar-refractivity contribution >= 4 is 23.2 Å². The molecule has 0 radical (unpaired) electrons. The van der Waals surface area contributed by atoms with Crippen LogP contribution in [-0.4, -0.2) is 11.8 Å². The first-order valence-electron chi connectivity index (χ1n) is 4.83. The molecular weight excluding hydrogens is 206 g/mol. The molecule has 0 saturated heterocycles. The number of hydrogen-bond acceptors (Lipinski definition) is 3. The van der Waals surface area contributed by atoms with E-state index in [9.17, 15) is 9.59 Å². The number of nitrogens with zero attached hydrogens (tertiary/aromatic N) is 1. The number of rotatable bonds is 1. The van der Waals surface area contributed by atoms with Crippen LogP contribution in [0.3, 0.4) is 0 Å². The first-order chi connectivity index (χ1) is 7.69. The number of aryl methyl sites for hydroxylation is 1. The number of hydrogen-bond donors (Lipinski definition) is 2. The van der Waals surface area contributed by atoms with Gasteiger partial charge in [0.1, 0.15) is 0 Å². The Bertz CT molecular complexity index is 502. The van der Waals surface area contributed by atoms with Crippen molar-refractivity contribution in [2.75, 3.05) is 10.6 Å². The highest BCUT2D eigenvalue weighted by Crippen LogP contribution is 2.25. The summed E-state index contributed by atoms with van der Waals surface area (Å²) in [5.41, 5.74) is 2.31. The largest absolute Gasteiger partial charge is 0.326 e. The summed E-state index contributed by atoms with van der Waals surface area (Å²) >= 11 is 0. The fraction of sp³-hybridized carbons (Fsp3) is 0.182. The van der Waals surface area contributed by atoms with Crippen LogP contribution in [0.4, 0.5) is 11.4 Å². The number of carbonyl (C=O) groups is 2. The average molecular weight is 215 g/mol. The van der Waals surface area contributed by atoms with Crippen LogP contribution in [-0.2, 0) is 16.0 Å². The highest BCUT2D eigenvalue weighted by Gasteiger charge is 2.14. The second kappa shape index (κ2) is 4.03. The molecule has 2 rings (SSSR count). The van der Waals surface area contributed by atoms with Gasteiger partial charge in [-0.05, 0) is 30.2 Å². The van der Waals surface area contributed by atoms with E-state index in [1.165, 1.54) is 6.07 Å². The van der Waals surface area contributed by atoms with E-state index in [0.717, 1.165) is 11.3 Å². The van der Waals surface area contributed by atoms with Crippen LogP contribution in [0.1, 0.15) is 12.0 Å². The van der Waals surface area contributed by atoms with Crippen LogP contribution >= 0.6 is 0 Å². The third kappa shape index (κ3) is 2.01. The topological polar surface area (TPSA) is 82.0 Å². The van der Waals surface area contributed by atoms with Crippen molar-refractivity contribution in [2.24, 2.45) is 0 Å². The maximum atomic E-state index is 11.1. The van der Waals surface area contributed by atoms with Crippen molar-refractivity contribution < 1.29 is 9.59 Å². The van der Waals surface area contributed by atoms with Crippen LogP contribution in [0, 0.1) is 11.3 Å². The highest BCUT2D eigenvalue weighted by atomic mass is 16.2. The maximum Gasteiger partial charge on any atom is 0.326 e. The van der Waals surface area contributed by atoms with Crippen LogP contribution in [0.15, 0.2) is 18.2 Å². The molecule has 0 unspecified atom stereocenters. The predicted octanol–water partition coefficient (Wildman–Crippen LogP) is 1.03. The zero-order chi connectivity index (χ0) is 11.5. The van der Waals surface area contributed by atoms with E-state index in [1.54, 1.807) is 18.2 Å². The summed E-state index contributed by atoms with van der Waals surface area (Å²) in [7, 11) is 0. The van der Waals surface area contributed by atoms with Gasteiger partial charge in [0.05, 0.1) is 0 Å². The Morgan fingerprint density at radius 2 is 2.25 bits per heavy atom. The molecule has 0 atom stereocenters. The van der Waals surface area contributed by atoms with Gasteiger partial charge in [-0.1, -0.05) is 0 Å². The number of carbonyl (C=O) groups excluding carboxylic acids is 2. The number of benzene rings is 1. The summed E-state index contributed by atoms with van der Waals surface area (Å²) in [4.78, 5) is 22.0. The van der Waals surface area contributed by atoms with Crippen molar-refractivity contribution in [3.05, 3.63) is 23.8 Å². The lowest BCUT2D eigenvalue weighted by Gasteiger charge is -2.17. The molecule has 1 aromatic rings. The molecule has 1 aliphatic rings. The molecule has 2 amide bonds. The van der Waals surface area contributed by atoms with E-state index in [0.29, 0.717) is 18.5 Å². The van der Waals surface area contributed by atoms with Gasteiger partial charge in [-0.3, -0.25) is 9.59 Å². The molecule has 0 saturated carbocycles. The normalized spacial score (nSPS) is 13.3. The molecule has 5 heteroatoms. The first-order valence-corrected chi connectivity index (χ1v) is 4.83. The van der Waals surface area contributed by atoms with Gasteiger partial charge in [0.2, 0.25) is 5.91 Å². The fourth-order valence-electron chi connectivity index (χ4n) is 1.62. The van der Waals surface area contributed by atoms with E-state index in [4.69, 9.17) is 5.26 Å². The second-order valence-corrected chi connectivity index (χ2v) is 3.49. The third-order valence-electron chi connectivity index (χ3n) is 2.36. The van der Waals surface area contributed by atoms with Crippen LogP contribution < -0.4 is 10.6 Å². The lowest BCUT2D eigenvalue weighted by atomic mass is 10.0. The van der Waals surface area contributed by atoms with Gasteiger partial charge in [0.25, 0.3) is 0 Å². The van der Waals surface area contributed by atoms with Crippen molar-refractivity contribution in [1.82, 2.24) is 0 Å². The summed E-state index contributed by atoms with van der Waals surface area (Å²) in [6.45, 7) is 0. The van der Waals surface area contributed by atoms with Crippen LogP contribution in [0.2, 0.25) is 0 Å². The number of amides is 2. The fourth-order valence-corrected chi connectivity index (χ4v) is 1.62. The maximum absolute atomic E-state index is 11.1. The van der Waals surface area contributed by atoms with Gasteiger partial charge in [-0.2, -0.15) is 5.26 Å². The molecule has 1 heterocycles. The Morgan fingerprint density at radius 1 is 1.44 bits per heavy atom. The molecule has 0 aromatic heterocycles. The van der Waals surface area contributed by atoms with Gasteiger partial charge >= 0.3 is 5.91 Å². The minimum Gasteiger partial charge on any atom is -0.326 e. The van der Waals surface area contributed by atoms with Crippen LogP contribution in [0.25, 0.3) is 0 Å². The molecule has 80 valence electrons. The monoisotopic (exact) mass is 215 g/mol. The van der Waals surface area contributed by atoms with Crippen molar-refractivity contribution in [2.45, 2.75) is 12.8 Å². The van der Waals surface area contributed by atoms with E-state index >= 15 is 0 Å². The first kappa shape index (κ1) is 10.2. The molecule has 5 nitrogen and oxygen atoms in total. The number of fused-ring (bicyclic) bond motifs is 1. The van der Waals surface area contributed by atoms with Gasteiger partial charge in [0.15, 0.2) is 6.07 Å². The Kier molecular flexibility index (Phi) is 2.56. The molecule has 0 fully saturated rings. The summed E-state index contributed by atoms with van der Waals surface area (Å²) in [6, 6.07) is 6.62. The smallest absolute Gasteiger partial charge is 0.326 e. The van der Waals surface area contributed by atoms with Crippen molar-refractivity contribution in [3.8, 4) is 6.07 Å². The molecule has 2 N–H and O–H groups in total. The molecule has 1 aliphatic heterocycles. The lowest BCUT2D eigenvalue weighted by Crippen LogP contribution is -2.19. The minimum atomic E-state index is -0.695.